The number of carbonyl (C=O) groups excluding carboxylic acids is 1. The minimum atomic E-state index is -0.317. The van der Waals surface area contributed by atoms with Crippen LogP contribution in [0.1, 0.15) is 67.4 Å². The van der Waals surface area contributed by atoms with Crippen LogP contribution in [0.15, 0.2) is 31.0 Å². The zero-order valence-electron chi connectivity index (χ0n) is 21.6. The molecule has 2 aliphatic rings. The second-order valence-corrected chi connectivity index (χ2v) is 10.2. The van der Waals surface area contributed by atoms with Crippen molar-refractivity contribution in [1.82, 2.24) is 24.8 Å². The lowest BCUT2D eigenvalue weighted by Crippen LogP contribution is -2.49. The summed E-state index contributed by atoms with van der Waals surface area (Å²) in [7, 11) is 2.03. The summed E-state index contributed by atoms with van der Waals surface area (Å²) in [5, 5.41) is 9.88. The smallest absolute Gasteiger partial charge is 0.259 e. The molecular formula is C28H37N5O3. The molecule has 3 heterocycles. The average molecular weight is 492 g/mol. The van der Waals surface area contributed by atoms with Gasteiger partial charge in [-0.15, -0.1) is 0 Å². The van der Waals surface area contributed by atoms with Crippen molar-refractivity contribution in [3.63, 3.8) is 0 Å². The first kappa shape index (κ1) is 26.1. The first-order valence-corrected chi connectivity index (χ1v) is 13.0. The lowest BCUT2D eigenvalue weighted by atomic mass is 9.90. The van der Waals surface area contributed by atoms with Crippen LogP contribution in [0.25, 0.3) is 0 Å². The van der Waals surface area contributed by atoms with Crippen molar-refractivity contribution in [2.24, 2.45) is 11.8 Å². The fraction of sp³-hybridized carbons (Fsp3) is 0.571. The van der Waals surface area contributed by atoms with Crippen LogP contribution in [0.4, 0.5) is 0 Å². The third kappa shape index (κ3) is 6.59. The number of amides is 1. The normalized spacial score (nSPS) is 21.6. The highest BCUT2D eigenvalue weighted by atomic mass is 16.5. The second kappa shape index (κ2) is 12.3. The van der Waals surface area contributed by atoms with Gasteiger partial charge in [-0.2, -0.15) is 0 Å². The molecule has 2 aromatic heterocycles. The van der Waals surface area contributed by atoms with Gasteiger partial charge in [0.25, 0.3) is 5.91 Å². The number of hydrogen-bond donors (Lipinski definition) is 1. The van der Waals surface area contributed by atoms with E-state index in [-0.39, 0.29) is 30.6 Å². The molecule has 1 aliphatic carbocycles. The van der Waals surface area contributed by atoms with Crippen molar-refractivity contribution in [3.8, 4) is 17.7 Å². The van der Waals surface area contributed by atoms with Gasteiger partial charge in [-0.3, -0.25) is 9.69 Å². The summed E-state index contributed by atoms with van der Waals surface area (Å²) >= 11 is 0. The van der Waals surface area contributed by atoms with Crippen LogP contribution in [0, 0.1) is 23.7 Å². The number of ether oxygens (including phenoxy) is 1. The van der Waals surface area contributed by atoms with Crippen molar-refractivity contribution in [2.75, 3.05) is 26.7 Å². The van der Waals surface area contributed by atoms with E-state index in [1.54, 1.807) is 17.2 Å². The van der Waals surface area contributed by atoms with E-state index in [0.29, 0.717) is 37.0 Å². The van der Waals surface area contributed by atoms with Crippen molar-refractivity contribution < 1.29 is 14.6 Å². The number of rotatable bonds is 6. The van der Waals surface area contributed by atoms with Crippen LogP contribution >= 0.6 is 0 Å². The number of carbonyl (C=O) groups is 1. The average Bonchev–Trinajstić information content (AvgIpc) is 2.90. The summed E-state index contributed by atoms with van der Waals surface area (Å²) in [4.78, 5) is 30.2. The Kier molecular flexibility index (Phi) is 8.89. The van der Waals surface area contributed by atoms with Crippen LogP contribution in [-0.2, 0) is 6.54 Å². The maximum atomic E-state index is 13.6. The van der Waals surface area contributed by atoms with Gasteiger partial charge >= 0.3 is 0 Å². The Labute approximate surface area is 214 Å². The molecule has 4 rings (SSSR count). The lowest BCUT2D eigenvalue weighted by molar-refractivity contribution is 0.0325. The zero-order chi connectivity index (χ0) is 25.5. The first-order valence-electron chi connectivity index (χ1n) is 13.0. The van der Waals surface area contributed by atoms with Crippen LogP contribution in [0.5, 0.6) is 5.88 Å². The quantitative estimate of drug-likeness (QED) is 0.621. The Morgan fingerprint density at radius 3 is 2.69 bits per heavy atom. The second-order valence-electron chi connectivity index (χ2n) is 10.2. The summed E-state index contributed by atoms with van der Waals surface area (Å²) in [5.41, 5.74) is 2.14. The Bertz CT molecular complexity index is 1080. The molecule has 36 heavy (non-hydrogen) atoms. The Morgan fingerprint density at radius 1 is 1.22 bits per heavy atom. The monoisotopic (exact) mass is 491 g/mol. The number of aromatic nitrogens is 3. The molecule has 2 aromatic rings. The van der Waals surface area contributed by atoms with Gasteiger partial charge in [-0.1, -0.05) is 38.0 Å². The molecule has 0 bridgehead atoms. The molecule has 192 valence electrons. The minimum Gasteiger partial charge on any atom is -0.472 e. The van der Waals surface area contributed by atoms with Gasteiger partial charge in [0.2, 0.25) is 5.88 Å². The van der Waals surface area contributed by atoms with E-state index in [0.717, 1.165) is 24.0 Å². The van der Waals surface area contributed by atoms with Crippen LogP contribution in [0.3, 0.4) is 0 Å². The molecule has 0 unspecified atom stereocenters. The van der Waals surface area contributed by atoms with Gasteiger partial charge in [-0.05, 0) is 32.9 Å². The maximum absolute atomic E-state index is 13.6. The topological polar surface area (TPSA) is 91.7 Å². The molecule has 3 atom stereocenters. The fourth-order valence-electron chi connectivity index (χ4n) is 4.92. The third-order valence-electron chi connectivity index (χ3n) is 7.11. The highest BCUT2D eigenvalue weighted by molar-refractivity contribution is 5.97. The van der Waals surface area contributed by atoms with Gasteiger partial charge in [-0.25, -0.2) is 15.0 Å². The summed E-state index contributed by atoms with van der Waals surface area (Å²) in [5.74, 6) is 7.22. The SMILES string of the molecule is C[C@H]1CN([C@@H](C)CO)C(=O)c2cc(C#CC3CCCCC3)cnc2O[C@@H]1CN(C)Cc1cncnc1. The molecule has 1 amide bonds. The van der Waals surface area contributed by atoms with E-state index in [1.165, 1.54) is 25.6 Å². The van der Waals surface area contributed by atoms with Gasteiger partial charge in [0.1, 0.15) is 18.0 Å². The van der Waals surface area contributed by atoms with Crippen LogP contribution in [-0.4, -0.2) is 74.7 Å². The predicted molar refractivity (Wildman–Crippen MR) is 137 cm³/mol. The Hall–Kier alpha value is -3.02. The summed E-state index contributed by atoms with van der Waals surface area (Å²) in [6, 6.07) is 1.48. The van der Waals surface area contributed by atoms with Crippen molar-refractivity contribution in [1.29, 1.82) is 0 Å². The largest absolute Gasteiger partial charge is 0.472 e. The Morgan fingerprint density at radius 2 is 1.97 bits per heavy atom. The van der Waals surface area contributed by atoms with Gasteiger partial charge in [0, 0.05) is 61.2 Å². The van der Waals surface area contributed by atoms with E-state index in [9.17, 15) is 9.90 Å². The fourth-order valence-corrected chi connectivity index (χ4v) is 4.92. The van der Waals surface area contributed by atoms with Crippen LogP contribution < -0.4 is 4.74 Å². The molecule has 1 aliphatic heterocycles. The molecule has 1 N–H and O–H groups in total. The van der Waals surface area contributed by atoms with E-state index in [1.807, 2.05) is 26.4 Å². The lowest BCUT2D eigenvalue weighted by Gasteiger charge is -2.37. The minimum absolute atomic E-state index is 0.0261. The van der Waals surface area contributed by atoms with Crippen molar-refractivity contribution in [2.45, 2.75) is 64.6 Å². The number of fused-ring (bicyclic) bond motifs is 1. The summed E-state index contributed by atoms with van der Waals surface area (Å²) < 4.78 is 6.40. The molecule has 0 aromatic carbocycles. The van der Waals surface area contributed by atoms with Crippen LogP contribution in [0.2, 0.25) is 0 Å². The number of hydrogen-bond acceptors (Lipinski definition) is 7. The van der Waals surface area contributed by atoms with Crippen molar-refractivity contribution >= 4 is 5.91 Å². The van der Waals surface area contributed by atoms with Gasteiger partial charge < -0.3 is 14.7 Å². The first-order chi connectivity index (χ1) is 17.4. The van der Waals surface area contributed by atoms with Gasteiger partial charge in [0.15, 0.2) is 0 Å². The standard InChI is InChI=1S/C28H37N5O3/c1-20-15-33(21(2)18-34)28(35)25-11-23(10-9-22-7-5-4-6-8-22)14-31-27(25)36-26(20)17-32(3)16-24-12-29-19-30-13-24/h11-14,19-22,26,34H,4-8,15-18H2,1-3H3/t20-,21-,26+/m0/s1. The highest BCUT2D eigenvalue weighted by Gasteiger charge is 2.34. The molecule has 1 saturated carbocycles. The predicted octanol–water partition coefficient (Wildman–Crippen LogP) is 3.16. The Balaban J connectivity index is 1.59. The third-order valence-corrected chi connectivity index (χ3v) is 7.11. The van der Waals surface area contributed by atoms with Crippen molar-refractivity contribution in [3.05, 3.63) is 47.7 Å². The maximum Gasteiger partial charge on any atom is 0.259 e. The molecule has 0 radical (unpaired) electrons. The number of aliphatic hydroxyl groups excluding tert-OH is 1. The highest BCUT2D eigenvalue weighted by Crippen LogP contribution is 2.28. The molecule has 8 heteroatoms. The van der Waals surface area contributed by atoms with Gasteiger partial charge in [0.05, 0.1) is 12.6 Å². The van der Waals surface area contributed by atoms with E-state index in [2.05, 4.69) is 38.6 Å². The number of nitrogens with zero attached hydrogens (tertiary/aromatic N) is 5. The van der Waals surface area contributed by atoms with E-state index in [4.69, 9.17) is 4.74 Å². The number of aliphatic hydroxyl groups is 1. The molecule has 1 fully saturated rings. The number of pyridine rings is 1. The zero-order valence-corrected chi connectivity index (χ0v) is 21.6. The number of likely N-dealkylation sites (N-methyl/N-ethyl adjacent to an activating group) is 1. The summed E-state index contributed by atoms with van der Waals surface area (Å²) in [6.45, 7) is 5.62. The van der Waals surface area contributed by atoms with E-state index >= 15 is 0 Å². The molecular weight excluding hydrogens is 454 g/mol. The molecule has 0 saturated heterocycles. The molecule has 0 spiro atoms. The summed E-state index contributed by atoms with van der Waals surface area (Å²) in [6.07, 6.45) is 12.7. The molecule has 8 nitrogen and oxygen atoms in total. The van der Waals surface area contributed by atoms with E-state index < -0.39 is 0 Å².